The zero-order chi connectivity index (χ0) is 24.5. The number of rotatable bonds is 10. The van der Waals surface area contributed by atoms with Crippen LogP contribution in [0.3, 0.4) is 0 Å². The van der Waals surface area contributed by atoms with Crippen molar-refractivity contribution >= 4 is 0 Å². The van der Waals surface area contributed by atoms with Gasteiger partial charge in [0.1, 0.15) is 0 Å². The van der Waals surface area contributed by atoms with E-state index in [9.17, 15) is 0 Å². The quantitative estimate of drug-likeness (QED) is 0.146. The van der Waals surface area contributed by atoms with E-state index in [1.165, 1.54) is 0 Å². The Morgan fingerprint density at radius 2 is 0.417 bits per heavy atom. The second-order valence-corrected chi connectivity index (χ2v) is 17.6. The van der Waals surface area contributed by atoms with Gasteiger partial charge in [0, 0.05) is 0 Å². The number of hydrogen-bond donors (Lipinski definition) is 0. The molecule has 0 bridgehead atoms. The van der Waals surface area contributed by atoms with Crippen molar-refractivity contribution in [1.29, 1.82) is 0 Å². The summed E-state index contributed by atoms with van der Waals surface area (Å²) in [6.45, 7) is 0. The molecule has 6 heteroatoms. The SMILES string of the molecule is c1ccc([O][Hf]([O]c2ccccc2)([O]c2ccccc2)([O]c2ccccc2)[O]c2ccccc2)cc1. The van der Waals surface area contributed by atoms with Crippen LogP contribution in [0.15, 0.2) is 152 Å². The molecular weight excluding hydrogens is 619 g/mol. The molecule has 0 aromatic heterocycles. The normalized spacial score (nSPS) is 11.9. The van der Waals surface area contributed by atoms with Crippen LogP contribution in [0.4, 0.5) is 0 Å². The fourth-order valence-electron chi connectivity index (χ4n) is 3.61. The fourth-order valence-corrected chi connectivity index (χ4v) is 14.5. The molecule has 0 heterocycles. The molecule has 0 aliphatic rings. The molecule has 0 N–H and O–H groups in total. The molecule has 0 atom stereocenters. The predicted octanol–water partition coefficient (Wildman–Crippen LogP) is 7.65. The first-order valence-electron chi connectivity index (χ1n) is 11.6. The number of benzene rings is 5. The molecule has 0 radical (unpaired) electrons. The molecule has 0 saturated carbocycles. The molecule has 5 rings (SSSR count). The first-order chi connectivity index (χ1) is 17.7. The van der Waals surface area contributed by atoms with E-state index in [1.54, 1.807) is 0 Å². The first kappa shape index (κ1) is 23.7. The molecule has 179 valence electrons. The summed E-state index contributed by atoms with van der Waals surface area (Å²) in [6, 6.07) is 46.5. The zero-order valence-electron chi connectivity index (χ0n) is 19.5. The Labute approximate surface area is 214 Å². The van der Waals surface area contributed by atoms with Crippen LogP contribution in [-0.2, 0) is 20.7 Å². The van der Waals surface area contributed by atoms with E-state index in [2.05, 4.69) is 0 Å². The van der Waals surface area contributed by atoms with Crippen LogP contribution < -0.4 is 14.3 Å². The van der Waals surface area contributed by atoms with Gasteiger partial charge in [-0.2, -0.15) is 0 Å². The van der Waals surface area contributed by atoms with Crippen molar-refractivity contribution in [1.82, 2.24) is 0 Å². The van der Waals surface area contributed by atoms with Crippen LogP contribution in [0.1, 0.15) is 0 Å². The Hall–Kier alpha value is -4.03. The van der Waals surface area contributed by atoms with Crippen LogP contribution in [0.25, 0.3) is 0 Å². The Kier molecular flexibility index (Phi) is 7.05. The first-order valence-corrected chi connectivity index (χ1v) is 18.9. The summed E-state index contributed by atoms with van der Waals surface area (Å²) in [5.74, 6) is 2.46. The topological polar surface area (TPSA) is 46.2 Å². The second kappa shape index (κ2) is 10.7. The molecule has 0 unspecified atom stereocenters. The molecule has 36 heavy (non-hydrogen) atoms. The summed E-state index contributed by atoms with van der Waals surface area (Å²) in [4.78, 5) is 0. The minimum atomic E-state index is -6.48. The summed E-state index contributed by atoms with van der Waals surface area (Å²) in [5, 5.41) is 0. The van der Waals surface area contributed by atoms with Crippen LogP contribution >= 0.6 is 0 Å². The van der Waals surface area contributed by atoms with Gasteiger partial charge in [0.25, 0.3) is 0 Å². The van der Waals surface area contributed by atoms with E-state index in [-0.39, 0.29) is 0 Å². The second-order valence-electron chi connectivity index (χ2n) is 7.91. The van der Waals surface area contributed by atoms with Crippen molar-refractivity contribution in [3.63, 3.8) is 0 Å². The Morgan fingerprint density at radius 1 is 0.250 bits per heavy atom. The van der Waals surface area contributed by atoms with Crippen molar-refractivity contribution in [2.75, 3.05) is 0 Å². The van der Waals surface area contributed by atoms with Crippen LogP contribution in [-0.4, -0.2) is 0 Å². The van der Waals surface area contributed by atoms with Gasteiger partial charge in [-0.25, -0.2) is 0 Å². The number of para-hydroxylation sites is 5. The standard InChI is InChI=1S/5C6H6O.Hf/c5*7-6-4-2-1-3-5-6;/h5*1-5,7H;/q;;;;;+5/p-5. The van der Waals surface area contributed by atoms with E-state index in [4.69, 9.17) is 14.3 Å². The van der Waals surface area contributed by atoms with Crippen LogP contribution in [0, 0.1) is 0 Å². The molecule has 0 spiro atoms. The van der Waals surface area contributed by atoms with E-state index in [1.807, 2.05) is 152 Å². The summed E-state index contributed by atoms with van der Waals surface area (Å²) in [6.07, 6.45) is 0. The van der Waals surface area contributed by atoms with Crippen molar-refractivity contribution in [3.05, 3.63) is 152 Å². The van der Waals surface area contributed by atoms with Gasteiger partial charge in [-0.1, -0.05) is 0 Å². The summed E-state index contributed by atoms with van der Waals surface area (Å²) in [5.41, 5.74) is 0. The van der Waals surface area contributed by atoms with E-state index >= 15 is 0 Å². The average Bonchev–Trinajstić information content (AvgIpc) is 2.91. The van der Waals surface area contributed by atoms with Crippen molar-refractivity contribution in [2.24, 2.45) is 0 Å². The van der Waals surface area contributed by atoms with Gasteiger partial charge in [-0.3, -0.25) is 0 Å². The molecule has 0 amide bonds. The van der Waals surface area contributed by atoms with Crippen LogP contribution in [0.5, 0.6) is 28.7 Å². The van der Waals surface area contributed by atoms with Gasteiger partial charge >= 0.3 is 215 Å². The monoisotopic (exact) mass is 645 g/mol. The third-order valence-electron chi connectivity index (χ3n) is 5.14. The number of hydrogen-bond acceptors (Lipinski definition) is 5. The summed E-state index contributed by atoms with van der Waals surface area (Å²) in [7, 11) is 0. The average molecular weight is 644 g/mol. The Bertz CT molecular complexity index is 1090. The van der Waals surface area contributed by atoms with Gasteiger partial charge in [0.05, 0.1) is 0 Å². The van der Waals surface area contributed by atoms with Gasteiger partial charge in [0.2, 0.25) is 0 Å². The predicted molar refractivity (Wildman–Crippen MR) is 135 cm³/mol. The molecule has 5 aromatic rings. The third kappa shape index (κ3) is 5.78. The third-order valence-corrected chi connectivity index (χ3v) is 15.4. The molecule has 5 nitrogen and oxygen atoms in total. The molecule has 0 fully saturated rings. The molecule has 5 aromatic carbocycles. The van der Waals surface area contributed by atoms with E-state index in [0.29, 0.717) is 28.7 Å². The van der Waals surface area contributed by atoms with Gasteiger partial charge in [-0.15, -0.1) is 0 Å². The molecular formula is C30H25HfO5. The van der Waals surface area contributed by atoms with Crippen molar-refractivity contribution in [3.8, 4) is 28.7 Å². The van der Waals surface area contributed by atoms with Gasteiger partial charge < -0.3 is 0 Å². The van der Waals surface area contributed by atoms with Crippen molar-refractivity contribution in [2.45, 2.75) is 0 Å². The summed E-state index contributed by atoms with van der Waals surface area (Å²) >= 11 is -6.48. The molecule has 0 saturated heterocycles. The Balaban J connectivity index is 1.76. The summed E-state index contributed by atoms with van der Waals surface area (Å²) < 4.78 is 33.7. The maximum absolute atomic E-state index is 6.74. The fraction of sp³-hybridized carbons (Fsp3) is 0. The molecule has 0 aliphatic heterocycles. The zero-order valence-corrected chi connectivity index (χ0v) is 23.1. The van der Waals surface area contributed by atoms with E-state index < -0.39 is 20.7 Å². The molecule has 0 aliphatic carbocycles. The Morgan fingerprint density at radius 3 is 0.583 bits per heavy atom. The van der Waals surface area contributed by atoms with Gasteiger partial charge in [-0.05, 0) is 0 Å². The van der Waals surface area contributed by atoms with Gasteiger partial charge in [0.15, 0.2) is 0 Å². The minimum absolute atomic E-state index is 0.492. The van der Waals surface area contributed by atoms with Crippen LogP contribution in [0.2, 0.25) is 0 Å². The van der Waals surface area contributed by atoms with E-state index in [0.717, 1.165) is 0 Å². The maximum atomic E-state index is 6.74. The van der Waals surface area contributed by atoms with Crippen molar-refractivity contribution < 1.29 is 35.0 Å².